The van der Waals surface area contributed by atoms with Crippen molar-refractivity contribution < 1.29 is 19.1 Å². The number of ether oxygens (including phenoxy) is 1. The zero-order valence-electron chi connectivity index (χ0n) is 20.1. The molecule has 0 saturated heterocycles. The molecule has 8 heteroatoms. The zero-order valence-corrected chi connectivity index (χ0v) is 20.1. The Kier molecular flexibility index (Phi) is 10.2. The molecule has 0 radical (unpaired) electrons. The van der Waals surface area contributed by atoms with Crippen molar-refractivity contribution >= 4 is 23.9 Å². The second-order valence-corrected chi connectivity index (χ2v) is 8.11. The highest BCUT2D eigenvalue weighted by Crippen LogP contribution is 2.13. The summed E-state index contributed by atoms with van der Waals surface area (Å²) in [6.45, 7) is 2.27. The first-order valence-electron chi connectivity index (χ1n) is 11.7. The molecule has 0 aromatic heterocycles. The van der Waals surface area contributed by atoms with Crippen LogP contribution in [0.15, 0.2) is 90.0 Å². The van der Waals surface area contributed by atoms with Gasteiger partial charge in [0.1, 0.15) is 12.2 Å². The molecule has 3 aromatic rings. The van der Waals surface area contributed by atoms with E-state index in [1.54, 1.807) is 24.3 Å². The molecule has 0 spiro atoms. The first kappa shape index (κ1) is 26.2. The van der Waals surface area contributed by atoms with Crippen molar-refractivity contribution in [1.29, 1.82) is 0 Å². The lowest BCUT2D eigenvalue weighted by Gasteiger charge is -2.14. The van der Waals surface area contributed by atoms with Crippen LogP contribution in [0.3, 0.4) is 0 Å². The number of hydrogen-bond donors (Lipinski definition) is 3. The summed E-state index contributed by atoms with van der Waals surface area (Å²) in [5, 5.41) is 9.49. The monoisotopic (exact) mass is 486 g/mol. The maximum absolute atomic E-state index is 12.1. The Hall–Kier alpha value is -4.46. The van der Waals surface area contributed by atoms with Crippen LogP contribution in [0.25, 0.3) is 0 Å². The Labute approximate surface area is 210 Å². The van der Waals surface area contributed by atoms with Gasteiger partial charge in [-0.05, 0) is 54.3 Å². The summed E-state index contributed by atoms with van der Waals surface area (Å²) in [7, 11) is 0. The van der Waals surface area contributed by atoms with Gasteiger partial charge in [-0.3, -0.25) is 14.4 Å². The number of nitrogens with zero attached hydrogens (tertiary/aromatic N) is 1. The van der Waals surface area contributed by atoms with E-state index in [2.05, 4.69) is 21.2 Å². The first-order valence-corrected chi connectivity index (χ1v) is 11.7. The largest absolute Gasteiger partial charge is 0.484 e. The fourth-order valence-corrected chi connectivity index (χ4v) is 3.32. The average Bonchev–Trinajstić information content (AvgIpc) is 2.89. The minimum atomic E-state index is -0.501. The molecular formula is C28H30N4O4. The molecule has 0 aliphatic carbocycles. The van der Waals surface area contributed by atoms with Gasteiger partial charge in [0.05, 0.1) is 12.3 Å². The van der Waals surface area contributed by atoms with Crippen LogP contribution in [-0.2, 0) is 20.8 Å². The average molecular weight is 487 g/mol. The molecule has 3 N–H and O–H groups in total. The summed E-state index contributed by atoms with van der Waals surface area (Å²) >= 11 is 0. The predicted octanol–water partition coefficient (Wildman–Crippen LogP) is 3.14. The first-order chi connectivity index (χ1) is 17.5. The normalized spacial score (nSPS) is 11.5. The summed E-state index contributed by atoms with van der Waals surface area (Å²) in [6, 6.07) is 26.3. The van der Waals surface area contributed by atoms with E-state index in [0.717, 1.165) is 16.7 Å². The number of hydrazone groups is 1. The number of benzene rings is 3. The molecule has 0 unspecified atom stereocenters. The van der Waals surface area contributed by atoms with Crippen LogP contribution in [-0.4, -0.2) is 37.1 Å². The van der Waals surface area contributed by atoms with Gasteiger partial charge < -0.3 is 15.4 Å². The predicted molar refractivity (Wildman–Crippen MR) is 138 cm³/mol. The van der Waals surface area contributed by atoms with Gasteiger partial charge in [0.15, 0.2) is 6.61 Å². The number of hydrogen-bond acceptors (Lipinski definition) is 5. The molecule has 1 atom stereocenters. The van der Waals surface area contributed by atoms with Crippen LogP contribution in [0.4, 0.5) is 0 Å². The molecule has 0 heterocycles. The Morgan fingerprint density at radius 3 is 2.22 bits per heavy atom. The van der Waals surface area contributed by atoms with Gasteiger partial charge in [0.25, 0.3) is 5.91 Å². The Morgan fingerprint density at radius 2 is 1.53 bits per heavy atom. The molecular weight excluding hydrogens is 456 g/mol. The van der Waals surface area contributed by atoms with Crippen LogP contribution < -0.4 is 20.8 Å². The highest BCUT2D eigenvalue weighted by molar-refractivity contribution is 5.97. The summed E-state index contributed by atoms with van der Waals surface area (Å²) in [5.41, 5.74) is 5.20. The number of carbonyl (C=O) groups is 3. The van der Waals surface area contributed by atoms with E-state index < -0.39 is 5.91 Å². The van der Waals surface area contributed by atoms with Crippen LogP contribution in [0, 0.1) is 0 Å². The summed E-state index contributed by atoms with van der Waals surface area (Å²) in [5.74, 6) is -0.545. The van der Waals surface area contributed by atoms with Gasteiger partial charge in [-0.25, -0.2) is 5.43 Å². The highest BCUT2D eigenvalue weighted by atomic mass is 16.5. The van der Waals surface area contributed by atoms with Crippen molar-refractivity contribution in [1.82, 2.24) is 16.1 Å². The Balaban J connectivity index is 1.33. The Bertz CT molecular complexity index is 1150. The van der Waals surface area contributed by atoms with E-state index in [4.69, 9.17) is 4.74 Å². The maximum Gasteiger partial charge on any atom is 0.258 e. The summed E-state index contributed by atoms with van der Waals surface area (Å²) in [6.07, 6.45) is 1.86. The van der Waals surface area contributed by atoms with E-state index in [1.807, 2.05) is 67.6 Å². The van der Waals surface area contributed by atoms with Crippen molar-refractivity contribution in [2.45, 2.75) is 25.8 Å². The molecule has 8 nitrogen and oxygen atoms in total. The second-order valence-electron chi connectivity index (χ2n) is 8.11. The zero-order chi connectivity index (χ0) is 25.6. The van der Waals surface area contributed by atoms with Gasteiger partial charge in [-0.15, -0.1) is 0 Å². The SMILES string of the molecule is C[C@H](NC(=O)COc1ccc(/C=N/NC(=O)CC(=O)NCCc2ccccc2)cc1)c1ccccc1. The topological polar surface area (TPSA) is 109 Å². The van der Waals surface area contributed by atoms with Gasteiger partial charge in [-0.2, -0.15) is 5.10 Å². The molecule has 0 bridgehead atoms. The van der Waals surface area contributed by atoms with E-state index in [0.29, 0.717) is 18.7 Å². The van der Waals surface area contributed by atoms with Gasteiger partial charge in [0.2, 0.25) is 11.8 Å². The van der Waals surface area contributed by atoms with Crippen molar-refractivity contribution in [3.05, 3.63) is 102 Å². The van der Waals surface area contributed by atoms with Crippen LogP contribution in [0.5, 0.6) is 5.75 Å². The van der Waals surface area contributed by atoms with Gasteiger partial charge in [0, 0.05) is 6.54 Å². The van der Waals surface area contributed by atoms with Crippen molar-refractivity contribution in [3.8, 4) is 5.75 Å². The summed E-state index contributed by atoms with van der Waals surface area (Å²) < 4.78 is 5.54. The van der Waals surface area contributed by atoms with Crippen LogP contribution in [0.1, 0.15) is 36.1 Å². The van der Waals surface area contributed by atoms with Gasteiger partial charge >= 0.3 is 0 Å². The third kappa shape index (κ3) is 9.42. The second kappa shape index (κ2) is 14.1. The number of rotatable bonds is 12. The lowest BCUT2D eigenvalue weighted by atomic mass is 10.1. The van der Waals surface area contributed by atoms with E-state index in [9.17, 15) is 14.4 Å². The fraction of sp³-hybridized carbons (Fsp3) is 0.214. The highest BCUT2D eigenvalue weighted by Gasteiger charge is 2.10. The number of carbonyl (C=O) groups excluding carboxylic acids is 3. The molecule has 3 rings (SSSR count). The standard InChI is InChI=1S/C28H30N4O4/c1-21(24-10-6-3-7-11-24)31-28(35)20-36-25-14-12-23(13-15-25)19-30-32-27(34)18-26(33)29-17-16-22-8-4-2-5-9-22/h2-15,19,21H,16-18,20H2,1H3,(H,29,33)(H,31,35)(H,32,34)/b30-19+/t21-/m0/s1. The van der Waals surface area contributed by atoms with Crippen molar-refractivity contribution in [3.63, 3.8) is 0 Å². The molecule has 3 amide bonds. The van der Waals surface area contributed by atoms with Crippen LogP contribution in [0.2, 0.25) is 0 Å². The number of nitrogens with one attached hydrogen (secondary N) is 3. The quantitative estimate of drug-likeness (QED) is 0.208. The molecule has 186 valence electrons. The molecule has 0 aliphatic rings. The maximum atomic E-state index is 12.1. The van der Waals surface area contributed by atoms with Gasteiger partial charge in [-0.1, -0.05) is 60.7 Å². The van der Waals surface area contributed by atoms with Crippen molar-refractivity contribution in [2.75, 3.05) is 13.2 Å². The molecule has 0 saturated carbocycles. The lowest BCUT2D eigenvalue weighted by molar-refractivity contribution is -0.129. The van der Waals surface area contributed by atoms with Crippen molar-refractivity contribution in [2.24, 2.45) is 5.10 Å². The lowest BCUT2D eigenvalue weighted by Crippen LogP contribution is -2.31. The molecule has 36 heavy (non-hydrogen) atoms. The van der Waals surface area contributed by atoms with E-state index in [1.165, 1.54) is 6.21 Å². The van der Waals surface area contributed by atoms with E-state index in [-0.39, 0.29) is 30.9 Å². The minimum Gasteiger partial charge on any atom is -0.484 e. The van der Waals surface area contributed by atoms with E-state index >= 15 is 0 Å². The third-order valence-corrected chi connectivity index (χ3v) is 5.23. The molecule has 3 aromatic carbocycles. The Morgan fingerprint density at radius 1 is 0.861 bits per heavy atom. The fourth-order valence-electron chi connectivity index (χ4n) is 3.32. The smallest absolute Gasteiger partial charge is 0.258 e. The molecule has 0 fully saturated rings. The minimum absolute atomic E-state index is 0.103. The number of amides is 3. The summed E-state index contributed by atoms with van der Waals surface area (Å²) in [4.78, 5) is 35.9. The van der Waals surface area contributed by atoms with Crippen LogP contribution >= 0.6 is 0 Å². The third-order valence-electron chi connectivity index (χ3n) is 5.23. The molecule has 0 aliphatic heterocycles.